The molecule has 0 saturated carbocycles. The van der Waals surface area contributed by atoms with Crippen molar-refractivity contribution in [3.8, 4) is 12.0 Å². The summed E-state index contributed by atoms with van der Waals surface area (Å²) in [7, 11) is 0. The number of nitrogens with zero attached hydrogens (tertiary/aromatic N) is 1. The second kappa shape index (κ2) is 4.42. The Kier molecular flexibility index (Phi) is 3.24. The zero-order valence-electron chi connectivity index (χ0n) is 7.45. The molecule has 0 atom stereocenters. The number of amides is 2. The Bertz CT molecular complexity index is 320. The van der Waals surface area contributed by atoms with Crippen LogP contribution in [0.2, 0.25) is 0 Å². The van der Waals surface area contributed by atoms with Crippen LogP contribution in [0.15, 0.2) is 0 Å². The van der Waals surface area contributed by atoms with Crippen LogP contribution in [-0.2, 0) is 14.4 Å². The molecule has 1 rings (SSSR count). The van der Waals surface area contributed by atoms with Crippen molar-refractivity contribution < 1.29 is 19.5 Å². The first-order chi connectivity index (χ1) is 6.61. The second-order valence-corrected chi connectivity index (χ2v) is 2.81. The molecule has 0 bridgehead atoms. The van der Waals surface area contributed by atoms with Crippen LogP contribution in [0.3, 0.4) is 0 Å². The van der Waals surface area contributed by atoms with Gasteiger partial charge in [-0.1, -0.05) is 5.92 Å². The molecule has 5 nitrogen and oxygen atoms in total. The summed E-state index contributed by atoms with van der Waals surface area (Å²) < 4.78 is 0. The van der Waals surface area contributed by atoms with Crippen molar-refractivity contribution in [2.45, 2.75) is 25.7 Å². The lowest BCUT2D eigenvalue weighted by Gasteiger charge is -2.01. The molecular weight excluding hydrogens is 186 g/mol. The first-order valence-corrected chi connectivity index (χ1v) is 4.17. The third-order valence-electron chi connectivity index (χ3n) is 1.71. The maximum atomic E-state index is 11.0. The van der Waals surface area contributed by atoms with Crippen molar-refractivity contribution >= 4 is 17.8 Å². The zero-order chi connectivity index (χ0) is 10.6. The molecule has 0 aromatic heterocycles. The van der Waals surface area contributed by atoms with Gasteiger partial charge in [-0.15, -0.1) is 0 Å². The number of hydrogen-bond acceptors (Lipinski definition) is 3. The Morgan fingerprint density at radius 3 is 2.43 bits per heavy atom. The minimum absolute atomic E-state index is 0.0801. The van der Waals surface area contributed by atoms with E-state index in [4.69, 9.17) is 5.11 Å². The molecule has 1 aliphatic rings. The molecule has 0 radical (unpaired) electrons. The van der Waals surface area contributed by atoms with E-state index in [0.717, 1.165) is 4.90 Å². The van der Waals surface area contributed by atoms with Gasteiger partial charge in [0.25, 0.3) is 0 Å². The van der Waals surface area contributed by atoms with Gasteiger partial charge in [-0.25, -0.2) is 4.90 Å². The van der Waals surface area contributed by atoms with E-state index in [0.29, 0.717) is 0 Å². The molecule has 1 aliphatic heterocycles. The third-order valence-corrected chi connectivity index (χ3v) is 1.71. The van der Waals surface area contributed by atoms with E-state index in [1.54, 1.807) is 0 Å². The lowest BCUT2D eigenvalue weighted by atomic mass is 10.3. The highest BCUT2D eigenvalue weighted by molar-refractivity contribution is 6.03. The molecule has 0 aromatic rings. The largest absolute Gasteiger partial charge is 0.481 e. The van der Waals surface area contributed by atoms with E-state index < -0.39 is 5.97 Å². The van der Waals surface area contributed by atoms with Crippen LogP contribution in [-0.4, -0.2) is 27.8 Å². The standard InChI is InChI=1S/C9H9NO4/c11-7-4-5-8(12)10(7)6-2-1-3-9(13)14/h1,3-5H2,(H,13,14). The highest BCUT2D eigenvalue weighted by atomic mass is 16.4. The van der Waals surface area contributed by atoms with Crippen molar-refractivity contribution in [3.05, 3.63) is 0 Å². The topological polar surface area (TPSA) is 74.7 Å². The Hall–Kier alpha value is -1.83. The summed E-state index contributed by atoms with van der Waals surface area (Å²) in [5, 5.41) is 8.29. The lowest BCUT2D eigenvalue weighted by molar-refractivity contribution is -0.137. The van der Waals surface area contributed by atoms with Gasteiger partial charge in [0.2, 0.25) is 11.8 Å². The van der Waals surface area contributed by atoms with Gasteiger partial charge >= 0.3 is 5.97 Å². The van der Waals surface area contributed by atoms with Crippen LogP contribution < -0.4 is 0 Å². The van der Waals surface area contributed by atoms with Gasteiger partial charge in [-0.2, -0.15) is 0 Å². The van der Waals surface area contributed by atoms with Crippen LogP contribution >= 0.6 is 0 Å². The summed E-state index contributed by atoms with van der Waals surface area (Å²) in [6.07, 6.45) is 0.467. The number of carboxylic acids is 1. The molecule has 1 N–H and O–H groups in total. The van der Waals surface area contributed by atoms with E-state index in [1.165, 1.54) is 0 Å². The van der Waals surface area contributed by atoms with E-state index >= 15 is 0 Å². The molecule has 1 saturated heterocycles. The normalized spacial score (nSPS) is 15.3. The van der Waals surface area contributed by atoms with Crippen molar-refractivity contribution in [2.75, 3.05) is 0 Å². The Morgan fingerprint density at radius 2 is 1.93 bits per heavy atom. The van der Waals surface area contributed by atoms with Gasteiger partial charge in [0, 0.05) is 25.3 Å². The first kappa shape index (κ1) is 10.3. The Morgan fingerprint density at radius 1 is 1.36 bits per heavy atom. The lowest BCUT2D eigenvalue weighted by Crippen LogP contribution is -2.23. The molecule has 5 heteroatoms. The quantitative estimate of drug-likeness (QED) is 0.495. The van der Waals surface area contributed by atoms with E-state index in [-0.39, 0.29) is 37.5 Å². The summed E-state index contributed by atoms with van der Waals surface area (Å²) in [6, 6.07) is 2.36. The summed E-state index contributed by atoms with van der Waals surface area (Å²) in [5.41, 5.74) is 0. The number of aliphatic carboxylic acids is 1. The molecule has 74 valence electrons. The molecule has 14 heavy (non-hydrogen) atoms. The van der Waals surface area contributed by atoms with Gasteiger partial charge in [0.15, 0.2) is 0 Å². The van der Waals surface area contributed by atoms with Crippen LogP contribution in [0.4, 0.5) is 0 Å². The molecular formula is C9H9NO4. The van der Waals surface area contributed by atoms with Crippen LogP contribution in [0, 0.1) is 12.0 Å². The summed E-state index contributed by atoms with van der Waals surface area (Å²) in [6.45, 7) is 0. The fraction of sp³-hybridized carbons (Fsp3) is 0.444. The van der Waals surface area contributed by atoms with Crippen LogP contribution in [0.25, 0.3) is 0 Å². The van der Waals surface area contributed by atoms with Gasteiger partial charge in [0.05, 0.1) is 6.42 Å². The maximum Gasteiger partial charge on any atom is 0.304 e. The molecule has 2 amide bonds. The minimum Gasteiger partial charge on any atom is -0.481 e. The molecule has 0 unspecified atom stereocenters. The second-order valence-electron chi connectivity index (χ2n) is 2.81. The fourth-order valence-corrected chi connectivity index (χ4v) is 1.01. The van der Waals surface area contributed by atoms with Gasteiger partial charge in [-0.3, -0.25) is 14.4 Å². The number of carbonyl (C=O) groups is 3. The predicted molar refractivity (Wildman–Crippen MR) is 45.7 cm³/mol. The van der Waals surface area contributed by atoms with Crippen LogP contribution in [0.5, 0.6) is 0 Å². The van der Waals surface area contributed by atoms with Crippen molar-refractivity contribution in [1.82, 2.24) is 4.90 Å². The van der Waals surface area contributed by atoms with E-state index in [2.05, 4.69) is 12.0 Å². The molecule has 0 spiro atoms. The smallest absolute Gasteiger partial charge is 0.304 e. The summed E-state index contributed by atoms with van der Waals surface area (Å²) >= 11 is 0. The number of rotatable bonds is 2. The number of imide groups is 1. The first-order valence-electron chi connectivity index (χ1n) is 4.17. The highest BCUT2D eigenvalue weighted by Gasteiger charge is 2.27. The average molecular weight is 195 g/mol. The van der Waals surface area contributed by atoms with E-state index in [1.807, 2.05) is 0 Å². The van der Waals surface area contributed by atoms with Gasteiger partial charge in [0.1, 0.15) is 0 Å². The van der Waals surface area contributed by atoms with Crippen LogP contribution in [0.1, 0.15) is 25.7 Å². The SMILES string of the molecule is O=C(O)CCC#CN1C(=O)CCC1=O. The molecule has 1 heterocycles. The molecule has 0 aromatic carbocycles. The number of hydrogen-bond donors (Lipinski definition) is 1. The van der Waals surface area contributed by atoms with Crippen molar-refractivity contribution in [1.29, 1.82) is 0 Å². The third kappa shape index (κ3) is 2.59. The number of carbonyl (C=O) groups excluding carboxylic acids is 2. The highest BCUT2D eigenvalue weighted by Crippen LogP contribution is 2.09. The molecule has 0 aliphatic carbocycles. The number of likely N-dealkylation sites (tertiary alicyclic amines) is 1. The average Bonchev–Trinajstić information content (AvgIpc) is 2.42. The summed E-state index contributed by atoms with van der Waals surface area (Å²) in [5.74, 6) is 0.912. The fourth-order valence-electron chi connectivity index (χ4n) is 1.01. The Labute approximate surface area is 80.7 Å². The van der Waals surface area contributed by atoms with Gasteiger partial charge < -0.3 is 5.11 Å². The molecule has 1 fully saturated rings. The number of carboxylic acid groups (broad SMARTS) is 1. The monoisotopic (exact) mass is 195 g/mol. The van der Waals surface area contributed by atoms with Crippen molar-refractivity contribution in [3.63, 3.8) is 0 Å². The maximum absolute atomic E-state index is 11.0. The van der Waals surface area contributed by atoms with Crippen molar-refractivity contribution in [2.24, 2.45) is 0 Å². The van der Waals surface area contributed by atoms with Gasteiger partial charge in [-0.05, 0) is 0 Å². The predicted octanol–water partition coefficient (Wildman–Crippen LogP) is -0.0389. The summed E-state index contributed by atoms with van der Waals surface area (Å²) in [4.78, 5) is 33.0. The minimum atomic E-state index is -0.946. The van der Waals surface area contributed by atoms with E-state index in [9.17, 15) is 14.4 Å². The Balaban J connectivity index is 2.46. The zero-order valence-corrected chi connectivity index (χ0v) is 7.45.